The lowest BCUT2D eigenvalue weighted by molar-refractivity contribution is -0.0515. The van der Waals surface area contributed by atoms with Crippen LogP contribution >= 0.6 is 0 Å². The highest BCUT2D eigenvalue weighted by Crippen LogP contribution is 2.29. The Kier molecular flexibility index (Phi) is 4.03. The average molecular weight is 327 g/mol. The molecule has 0 bridgehead atoms. The molecule has 0 saturated carbocycles. The van der Waals surface area contributed by atoms with Crippen molar-refractivity contribution in [2.24, 2.45) is 0 Å². The molecule has 2 aromatic heterocycles. The summed E-state index contributed by atoms with van der Waals surface area (Å²) in [5, 5.41) is 8.24. The summed E-state index contributed by atoms with van der Waals surface area (Å²) in [6.07, 6.45) is 1.68. The van der Waals surface area contributed by atoms with Crippen LogP contribution in [0, 0.1) is 0 Å². The van der Waals surface area contributed by atoms with Crippen molar-refractivity contribution in [1.29, 1.82) is 0 Å². The molecule has 0 spiro atoms. The highest BCUT2D eigenvalue weighted by atomic mass is 16.5. The van der Waals surface area contributed by atoms with E-state index in [0.29, 0.717) is 6.61 Å². The molecule has 0 unspecified atom stereocenters. The summed E-state index contributed by atoms with van der Waals surface area (Å²) >= 11 is 0. The Morgan fingerprint density at radius 2 is 2.21 bits per heavy atom. The maximum Gasteiger partial charge on any atom is 0.212 e. The van der Waals surface area contributed by atoms with Crippen molar-refractivity contribution < 1.29 is 9.15 Å². The summed E-state index contributed by atoms with van der Waals surface area (Å²) in [6, 6.07) is 7.94. The van der Waals surface area contributed by atoms with Gasteiger partial charge in [0, 0.05) is 19.6 Å². The monoisotopic (exact) mass is 327 g/mol. The first-order valence-corrected chi connectivity index (χ1v) is 8.35. The second kappa shape index (κ2) is 6.33. The van der Waals surface area contributed by atoms with Gasteiger partial charge in [-0.25, -0.2) is 4.98 Å². The minimum Gasteiger partial charge on any atom is -0.439 e. The molecule has 1 fully saturated rings. The summed E-state index contributed by atoms with van der Waals surface area (Å²) in [7, 11) is 0. The molecule has 2 atom stereocenters. The van der Waals surface area contributed by atoms with E-state index >= 15 is 0 Å². The van der Waals surface area contributed by atoms with Crippen molar-refractivity contribution in [3.8, 4) is 0 Å². The number of morpholine rings is 1. The van der Waals surface area contributed by atoms with Crippen molar-refractivity contribution >= 4 is 11.1 Å². The minimum atomic E-state index is -0.0759. The zero-order valence-electron chi connectivity index (χ0n) is 13.9. The summed E-state index contributed by atoms with van der Waals surface area (Å²) in [5.74, 6) is 1.63. The summed E-state index contributed by atoms with van der Waals surface area (Å²) in [5.41, 5.74) is 1.73. The van der Waals surface area contributed by atoms with E-state index in [2.05, 4.69) is 33.9 Å². The molecular weight excluding hydrogens is 306 g/mol. The van der Waals surface area contributed by atoms with Gasteiger partial charge in [-0.3, -0.25) is 4.90 Å². The van der Waals surface area contributed by atoms with Crippen LogP contribution in [-0.2, 0) is 11.3 Å². The van der Waals surface area contributed by atoms with E-state index in [9.17, 15) is 0 Å². The van der Waals surface area contributed by atoms with Gasteiger partial charge in [0.25, 0.3) is 0 Å². The van der Waals surface area contributed by atoms with Gasteiger partial charge in [-0.15, -0.1) is 10.2 Å². The number of hydrogen-bond donors (Lipinski definition) is 0. The molecule has 3 aromatic rings. The third-order valence-electron chi connectivity index (χ3n) is 4.59. The van der Waals surface area contributed by atoms with E-state index in [1.165, 1.54) is 0 Å². The van der Waals surface area contributed by atoms with Crippen molar-refractivity contribution in [2.45, 2.75) is 32.5 Å². The number of ether oxygens (including phenoxy) is 1. The number of nitrogens with zero attached hydrogens (tertiary/aromatic N) is 5. The van der Waals surface area contributed by atoms with Crippen LogP contribution in [0.15, 0.2) is 35.0 Å². The number of aryl methyl sites for hydroxylation is 1. The number of hydrogen-bond acceptors (Lipinski definition) is 6. The normalized spacial score (nSPS) is 20.5. The van der Waals surface area contributed by atoms with E-state index < -0.39 is 0 Å². The first kappa shape index (κ1) is 15.3. The molecule has 4 rings (SSSR count). The van der Waals surface area contributed by atoms with E-state index in [1.54, 1.807) is 6.33 Å². The van der Waals surface area contributed by atoms with Gasteiger partial charge in [0.1, 0.15) is 17.9 Å². The van der Waals surface area contributed by atoms with E-state index in [-0.39, 0.29) is 12.1 Å². The second-order valence-corrected chi connectivity index (χ2v) is 6.03. The molecule has 0 amide bonds. The quantitative estimate of drug-likeness (QED) is 0.733. The van der Waals surface area contributed by atoms with Gasteiger partial charge in [-0.1, -0.05) is 12.1 Å². The Hall–Kier alpha value is -2.25. The number of oxazole rings is 1. The average Bonchev–Trinajstić information content (AvgIpc) is 3.27. The topological polar surface area (TPSA) is 69.2 Å². The molecule has 0 aliphatic carbocycles. The Labute approximate surface area is 140 Å². The standard InChI is InChI=1S/C17H21N5O2/c1-3-21-11-18-20-16(21)15-10-22(8-9-23-15)12(2)17-19-13-6-4-5-7-14(13)24-17/h4-7,11-12,15H,3,8-10H2,1-2H3/t12-,15-/m1/s1. The summed E-state index contributed by atoms with van der Waals surface area (Å²) in [6.45, 7) is 7.29. The fourth-order valence-electron chi connectivity index (χ4n) is 3.16. The molecule has 7 heteroatoms. The third-order valence-corrected chi connectivity index (χ3v) is 4.59. The molecule has 1 aliphatic heterocycles. The van der Waals surface area contributed by atoms with Crippen LogP contribution in [0.1, 0.15) is 37.7 Å². The van der Waals surface area contributed by atoms with Gasteiger partial charge < -0.3 is 13.7 Å². The lowest BCUT2D eigenvalue weighted by Gasteiger charge is -2.35. The molecule has 0 radical (unpaired) electrons. The number of fused-ring (bicyclic) bond motifs is 1. The van der Waals surface area contributed by atoms with E-state index in [4.69, 9.17) is 9.15 Å². The Balaban J connectivity index is 1.55. The van der Waals surface area contributed by atoms with Crippen LogP contribution < -0.4 is 0 Å². The van der Waals surface area contributed by atoms with Crippen LogP contribution in [-0.4, -0.2) is 44.3 Å². The zero-order chi connectivity index (χ0) is 16.5. The number of para-hydroxylation sites is 2. The minimum absolute atomic E-state index is 0.0759. The maximum atomic E-state index is 5.93. The molecule has 1 aliphatic rings. The van der Waals surface area contributed by atoms with Crippen LogP contribution in [0.25, 0.3) is 11.1 Å². The third kappa shape index (κ3) is 2.70. The van der Waals surface area contributed by atoms with E-state index in [1.807, 2.05) is 28.8 Å². The van der Waals surface area contributed by atoms with Crippen molar-refractivity contribution in [3.63, 3.8) is 0 Å². The fourth-order valence-corrected chi connectivity index (χ4v) is 3.16. The predicted octanol–water partition coefficient (Wildman–Crippen LogP) is 2.57. The number of aromatic nitrogens is 4. The van der Waals surface area contributed by atoms with Crippen LogP contribution in [0.5, 0.6) is 0 Å². The van der Waals surface area contributed by atoms with Gasteiger partial charge in [-0.05, 0) is 26.0 Å². The fraction of sp³-hybridized carbons (Fsp3) is 0.471. The zero-order valence-corrected chi connectivity index (χ0v) is 13.9. The van der Waals surface area contributed by atoms with Crippen molar-refractivity contribution in [3.05, 3.63) is 42.3 Å². The molecule has 126 valence electrons. The Bertz CT molecular complexity index is 794. The molecular formula is C17H21N5O2. The molecule has 1 aromatic carbocycles. The van der Waals surface area contributed by atoms with Gasteiger partial charge >= 0.3 is 0 Å². The Morgan fingerprint density at radius 1 is 1.33 bits per heavy atom. The summed E-state index contributed by atoms with van der Waals surface area (Å²) in [4.78, 5) is 6.95. The first-order chi connectivity index (χ1) is 11.8. The molecule has 3 heterocycles. The Morgan fingerprint density at radius 3 is 3.04 bits per heavy atom. The highest BCUT2D eigenvalue weighted by molar-refractivity contribution is 5.72. The van der Waals surface area contributed by atoms with Gasteiger partial charge in [0.2, 0.25) is 5.89 Å². The van der Waals surface area contributed by atoms with Crippen LogP contribution in [0.2, 0.25) is 0 Å². The number of benzene rings is 1. The lowest BCUT2D eigenvalue weighted by Crippen LogP contribution is -2.40. The molecule has 1 saturated heterocycles. The SMILES string of the molecule is CCn1cnnc1[C@H]1CN([C@H](C)c2nc3ccccc3o2)CCO1. The molecule has 24 heavy (non-hydrogen) atoms. The van der Waals surface area contributed by atoms with Gasteiger partial charge in [0.15, 0.2) is 11.4 Å². The predicted molar refractivity (Wildman–Crippen MR) is 88.4 cm³/mol. The van der Waals surface area contributed by atoms with Gasteiger partial charge in [0.05, 0.1) is 12.6 Å². The summed E-state index contributed by atoms with van der Waals surface area (Å²) < 4.78 is 13.9. The highest BCUT2D eigenvalue weighted by Gasteiger charge is 2.30. The lowest BCUT2D eigenvalue weighted by atomic mass is 10.2. The van der Waals surface area contributed by atoms with Crippen LogP contribution in [0.4, 0.5) is 0 Å². The number of rotatable bonds is 4. The smallest absolute Gasteiger partial charge is 0.212 e. The first-order valence-electron chi connectivity index (χ1n) is 8.35. The van der Waals surface area contributed by atoms with E-state index in [0.717, 1.165) is 42.4 Å². The largest absolute Gasteiger partial charge is 0.439 e. The maximum absolute atomic E-state index is 5.93. The van der Waals surface area contributed by atoms with Crippen molar-refractivity contribution in [2.75, 3.05) is 19.7 Å². The van der Waals surface area contributed by atoms with Gasteiger partial charge in [-0.2, -0.15) is 0 Å². The second-order valence-electron chi connectivity index (χ2n) is 6.03. The van der Waals surface area contributed by atoms with Crippen molar-refractivity contribution in [1.82, 2.24) is 24.6 Å². The molecule has 7 nitrogen and oxygen atoms in total. The van der Waals surface area contributed by atoms with Crippen LogP contribution in [0.3, 0.4) is 0 Å². The molecule has 0 N–H and O–H groups in total.